The van der Waals surface area contributed by atoms with Gasteiger partial charge in [0.15, 0.2) is 0 Å². The zero-order valence-corrected chi connectivity index (χ0v) is 9.19. The first-order chi connectivity index (χ1) is 7.07. The van der Waals surface area contributed by atoms with Crippen LogP contribution in [0.4, 0.5) is 5.69 Å². The highest BCUT2D eigenvalue weighted by molar-refractivity contribution is 5.75. The normalized spacial score (nSPS) is 18.1. The van der Waals surface area contributed by atoms with Gasteiger partial charge in [-0.3, -0.25) is 0 Å². The van der Waals surface area contributed by atoms with Gasteiger partial charge in [-0.1, -0.05) is 24.3 Å². The van der Waals surface area contributed by atoms with Crippen LogP contribution in [0.1, 0.15) is 26.3 Å². The van der Waals surface area contributed by atoms with Crippen LogP contribution in [0.2, 0.25) is 0 Å². The smallest absolute Gasteiger partial charge is 0.0819 e. The summed E-state index contributed by atoms with van der Waals surface area (Å²) in [6.45, 7) is 6.01. The summed E-state index contributed by atoms with van der Waals surface area (Å²) < 4.78 is 0. The van der Waals surface area contributed by atoms with Gasteiger partial charge in [0.2, 0.25) is 0 Å². The first-order valence-corrected chi connectivity index (χ1v) is 4.98. The van der Waals surface area contributed by atoms with Crippen molar-refractivity contribution in [2.45, 2.75) is 26.3 Å². The molecule has 0 bridgehead atoms. The summed E-state index contributed by atoms with van der Waals surface area (Å²) in [6, 6.07) is 7.79. The van der Waals surface area contributed by atoms with E-state index in [2.05, 4.69) is 11.4 Å². The molecule has 0 saturated carbocycles. The summed E-state index contributed by atoms with van der Waals surface area (Å²) in [5, 5.41) is 4.67. The molecule has 0 saturated heterocycles. The second-order valence-electron chi connectivity index (χ2n) is 4.34. The van der Waals surface area contributed by atoms with Gasteiger partial charge in [0.05, 0.1) is 16.5 Å². The number of para-hydroxylation sites is 1. The maximum atomic E-state index is 10.9. The summed E-state index contributed by atoms with van der Waals surface area (Å²) in [7, 11) is 0. The third-order valence-electron chi connectivity index (χ3n) is 3.11. The monoisotopic (exact) mass is 202 g/mol. The van der Waals surface area contributed by atoms with Crippen LogP contribution in [0, 0.1) is 4.91 Å². The molecule has 3 heteroatoms. The summed E-state index contributed by atoms with van der Waals surface area (Å²) >= 11 is 0. The molecule has 78 valence electrons. The lowest BCUT2D eigenvalue weighted by atomic mass is 9.88. The van der Waals surface area contributed by atoms with E-state index in [0.717, 1.165) is 16.8 Å². The molecule has 0 N–H and O–H groups in total. The van der Waals surface area contributed by atoms with E-state index in [4.69, 9.17) is 0 Å². The number of benzene rings is 1. The lowest BCUT2D eigenvalue weighted by molar-refractivity contribution is 0.538. The molecule has 0 fully saturated rings. The molecule has 0 aliphatic carbocycles. The summed E-state index contributed by atoms with van der Waals surface area (Å²) in [6.07, 6.45) is 2.11. The minimum atomic E-state index is -0.337. The van der Waals surface area contributed by atoms with Crippen LogP contribution < -0.4 is 5.01 Å². The highest BCUT2D eigenvalue weighted by atomic mass is 16.3. The Morgan fingerprint density at radius 3 is 2.60 bits per heavy atom. The summed E-state index contributed by atoms with van der Waals surface area (Å²) in [5.74, 6) is 0. The Kier molecular flexibility index (Phi) is 2.11. The second kappa shape index (κ2) is 3.19. The molecular weight excluding hydrogens is 188 g/mol. The quantitative estimate of drug-likeness (QED) is 0.654. The Labute approximate surface area is 89.4 Å². The fraction of sp³-hybridized carbons (Fsp3) is 0.333. The first-order valence-electron chi connectivity index (χ1n) is 4.98. The molecule has 0 aromatic heterocycles. The third kappa shape index (κ3) is 1.35. The zero-order valence-electron chi connectivity index (χ0n) is 9.19. The van der Waals surface area contributed by atoms with Crippen LogP contribution in [0.3, 0.4) is 0 Å². The van der Waals surface area contributed by atoms with E-state index >= 15 is 0 Å². The van der Waals surface area contributed by atoms with Crippen LogP contribution >= 0.6 is 0 Å². The number of hydrogen-bond acceptors (Lipinski definition) is 2. The fourth-order valence-electron chi connectivity index (χ4n) is 1.83. The SMILES string of the molecule is CC1=Cc2ccccc2N(N=O)C1(C)C. The third-order valence-corrected chi connectivity index (χ3v) is 3.11. The van der Waals surface area contributed by atoms with Gasteiger partial charge < -0.3 is 0 Å². The number of nitroso groups, excluding NO2 is 1. The van der Waals surface area contributed by atoms with Crippen molar-refractivity contribution in [3.05, 3.63) is 40.3 Å². The largest absolute Gasteiger partial charge is 0.219 e. The van der Waals surface area contributed by atoms with E-state index in [1.54, 1.807) is 0 Å². The van der Waals surface area contributed by atoms with Gasteiger partial charge in [0, 0.05) is 0 Å². The van der Waals surface area contributed by atoms with Gasteiger partial charge in [-0.25, -0.2) is 5.01 Å². The van der Waals surface area contributed by atoms with E-state index in [9.17, 15) is 4.91 Å². The van der Waals surface area contributed by atoms with Crippen molar-refractivity contribution in [2.24, 2.45) is 5.29 Å². The van der Waals surface area contributed by atoms with Crippen LogP contribution in [-0.2, 0) is 0 Å². The standard InChI is InChI=1S/C12H14N2O/c1-9-8-10-6-4-5-7-11(10)14(13-15)12(9,2)3/h4-8H,1-3H3. The van der Waals surface area contributed by atoms with Crippen LogP contribution in [-0.4, -0.2) is 5.54 Å². The number of anilines is 1. The fourth-order valence-corrected chi connectivity index (χ4v) is 1.83. The first kappa shape index (κ1) is 9.90. The lowest BCUT2D eigenvalue weighted by Gasteiger charge is -2.38. The molecule has 0 spiro atoms. The van der Waals surface area contributed by atoms with Gasteiger partial charge >= 0.3 is 0 Å². The van der Waals surface area contributed by atoms with E-state index in [0.29, 0.717) is 0 Å². The number of hydrogen-bond donors (Lipinski definition) is 0. The molecule has 0 amide bonds. The molecule has 3 nitrogen and oxygen atoms in total. The number of nitrogens with zero attached hydrogens (tertiary/aromatic N) is 2. The molecule has 1 heterocycles. The summed E-state index contributed by atoms with van der Waals surface area (Å²) in [4.78, 5) is 10.9. The van der Waals surface area contributed by atoms with Crippen molar-refractivity contribution in [1.82, 2.24) is 0 Å². The van der Waals surface area contributed by atoms with Crippen molar-refractivity contribution >= 4 is 11.8 Å². The van der Waals surface area contributed by atoms with Gasteiger partial charge in [-0.2, -0.15) is 0 Å². The molecule has 0 radical (unpaired) electrons. The molecule has 1 aliphatic heterocycles. The highest BCUT2D eigenvalue weighted by Crippen LogP contribution is 2.38. The van der Waals surface area contributed by atoms with E-state index in [1.165, 1.54) is 5.01 Å². The van der Waals surface area contributed by atoms with Crippen molar-refractivity contribution < 1.29 is 0 Å². The molecule has 0 atom stereocenters. The molecule has 1 aliphatic rings. The number of fused-ring (bicyclic) bond motifs is 1. The molecule has 2 rings (SSSR count). The second-order valence-corrected chi connectivity index (χ2v) is 4.34. The van der Waals surface area contributed by atoms with Crippen molar-refractivity contribution in [3.8, 4) is 0 Å². The number of rotatable bonds is 1. The lowest BCUT2D eigenvalue weighted by Crippen LogP contribution is -2.43. The minimum absolute atomic E-state index is 0.337. The van der Waals surface area contributed by atoms with E-state index in [-0.39, 0.29) is 5.54 Å². The molecule has 1 aromatic carbocycles. The van der Waals surface area contributed by atoms with Crippen molar-refractivity contribution in [2.75, 3.05) is 5.01 Å². The molecule has 15 heavy (non-hydrogen) atoms. The Morgan fingerprint density at radius 2 is 1.93 bits per heavy atom. The highest BCUT2D eigenvalue weighted by Gasteiger charge is 2.34. The van der Waals surface area contributed by atoms with Gasteiger partial charge in [0.25, 0.3) is 0 Å². The van der Waals surface area contributed by atoms with Gasteiger partial charge in [-0.05, 0) is 38.0 Å². The topological polar surface area (TPSA) is 32.7 Å². The predicted molar refractivity (Wildman–Crippen MR) is 62.4 cm³/mol. The molecule has 0 unspecified atom stereocenters. The van der Waals surface area contributed by atoms with Crippen LogP contribution in [0.5, 0.6) is 0 Å². The van der Waals surface area contributed by atoms with E-state index < -0.39 is 0 Å². The van der Waals surface area contributed by atoms with Crippen LogP contribution in [0.25, 0.3) is 6.08 Å². The average molecular weight is 202 g/mol. The van der Waals surface area contributed by atoms with Crippen molar-refractivity contribution in [3.63, 3.8) is 0 Å². The maximum absolute atomic E-state index is 10.9. The Morgan fingerprint density at radius 1 is 1.27 bits per heavy atom. The zero-order chi connectivity index (χ0) is 11.1. The summed E-state index contributed by atoms with van der Waals surface area (Å²) in [5.41, 5.74) is 2.73. The minimum Gasteiger partial charge on any atom is -0.219 e. The molecule has 1 aromatic rings. The van der Waals surface area contributed by atoms with Crippen LogP contribution in [0.15, 0.2) is 35.1 Å². The molecular formula is C12H14N2O. The average Bonchev–Trinajstić information content (AvgIpc) is 2.20. The Bertz CT molecular complexity index is 435. The maximum Gasteiger partial charge on any atom is 0.0819 e. The Balaban J connectivity index is 2.65. The predicted octanol–water partition coefficient (Wildman–Crippen LogP) is 3.37. The Hall–Kier alpha value is -1.64. The van der Waals surface area contributed by atoms with E-state index in [1.807, 2.05) is 45.0 Å². The van der Waals surface area contributed by atoms with Gasteiger partial charge in [0.1, 0.15) is 0 Å². The van der Waals surface area contributed by atoms with Gasteiger partial charge in [-0.15, -0.1) is 4.91 Å². The van der Waals surface area contributed by atoms with Crippen molar-refractivity contribution in [1.29, 1.82) is 0 Å².